The normalized spacial score (nSPS) is 20.9. The standard InChI is InChI=1S/C16H19N3O2/c1-3-11-9-15(19-18-11)17-16(20)7-5-12-4-6-14(21-12)13-8-10(13)2/h4-7,9-10,13H,3,8H2,1-2H3,(H2,17,18,19,20)/b7-5+. The smallest absolute Gasteiger partial charge is 0.249 e. The molecule has 2 atom stereocenters. The Bertz CT molecular complexity index is 669. The van der Waals surface area contributed by atoms with Crippen LogP contribution in [0.3, 0.4) is 0 Å². The van der Waals surface area contributed by atoms with Gasteiger partial charge in [-0.05, 0) is 37.0 Å². The van der Waals surface area contributed by atoms with Crippen LogP contribution in [0.25, 0.3) is 6.08 Å². The lowest BCUT2D eigenvalue weighted by atomic mass is 10.3. The zero-order valence-electron chi connectivity index (χ0n) is 12.2. The van der Waals surface area contributed by atoms with Crippen LogP contribution in [0.1, 0.15) is 43.4 Å². The monoisotopic (exact) mass is 285 g/mol. The molecule has 1 amide bonds. The average molecular weight is 285 g/mol. The number of hydrogen-bond donors (Lipinski definition) is 2. The van der Waals surface area contributed by atoms with Gasteiger partial charge in [-0.1, -0.05) is 13.8 Å². The van der Waals surface area contributed by atoms with Gasteiger partial charge in [0.05, 0.1) is 0 Å². The highest BCUT2D eigenvalue weighted by atomic mass is 16.3. The van der Waals surface area contributed by atoms with E-state index in [1.165, 1.54) is 12.5 Å². The number of H-pyrrole nitrogens is 1. The fourth-order valence-electron chi connectivity index (χ4n) is 2.31. The number of hydrogen-bond acceptors (Lipinski definition) is 3. The number of rotatable bonds is 5. The molecule has 0 spiro atoms. The molecule has 5 heteroatoms. The van der Waals surface area contributed by atoms with Crippen molar-refractivity contribution in [1.29, 1.82) is 0 Å². The molecule has 2 heterocycles. The van der Waals surface area contributed by atoms with Crippen LogP contribution in [0.5, 0.6) is 0 Å². The number of carbonyl (C=O) groups is 1. The molecule has 0 aliphatic heterocycles. The number of aromatic nitrogens is 2. The Hall–Kier alpha value is -2.30. The van der Waals surface area contributed by atoms with Crippen molar-refractivity contribution in [2.45, 2.75) is 32.6 Å². The number of furan rings is 1. The molecule has 0 saturated heterocycles. The molecular weight excluding hydrogens is 266 g/mol. The van der Waals surface area contributed by atoms with Gasteiger partial charge in [-0.25, -0.2) is 0 Å². The number of aryl methyl sites for hydroxylation is 1. The summed E-state index contributed by atoms with van der Waals surface area (Å²) in [6, 6.07) is 5.71. The Morgan fingerprint density at radius 3 is 3.05 bits per heavy atom. The zero-order chi connectivity index (χ0) is 14.8. The lowest BCUT2D eigenvalue weighted by Gasteiger charge is -1.95. The Balaban J connectivity index is 1.57. The minimum atomic E-state index is -0.220. The summed E-state index contributed by atoms with van der Waals surface area (Å²) in [4.78, 5) is 11.8. The van der Waals surface area contributed by atoms with E-state index in [9.17, 15) is 4.79 Å². The van der Waals surface area contributed by atoms with Crippen LogP contribution < -0.4 is 5.32 Å². The van der Waals surface area contributed by atoms with E-state index in [0.29, 0.717) is 23.4 Å². The largest absolute Gasteiger partial charge is 0.461 e. The van der Waals surface area contributed by atoms with Crippen molar-refractivity contribution in [3.05, 3.63) is 41.5 Å². The molecule has 2 N–H and O–H groups in total. The van der Waals surface area contributed by atoms with E-state index in [1.807, 2.05) is 25.1 Å². The molecule has 1 saturated carbocycles. The Morgan fingerprint density at radius 1 is 1.57 bits per heavy atom. The van der Waals surface area contributed by atoms with Crippen LogP contribution in [-0.4, -0.2) is 16.1 Å². The first-order valence-electron chi connectivity index (χ1n) is 7.28. The van der Waals surface area contributed by atoms with Crippen LogP contribution in [0.15, 0.2) is 28.7 Å². The molecule has 0 radical (unpaired) electrons. The number of nitrogens with zero attached hydrogens (tertiary/aromatic N) is 1. The van der Waals surface area contributed by atoms with Crippen molar-refractivity contribution in [2.75, 3.05) is 5.32 Å². The molecule has 3 rings (SSSR count). The summed E-state index contributed by atoms with van der Waals surface area (Å²) in [5, 5.41) is 9.57. The molecule has 2 unspecified atom stereocenters. The van der Waals surface area contributed by atoms with Crippen LogP contribution in [0.2, 0.25) is 0 Å². The van der Waals surface area contributed by atoms with Gasteiger partial charge in [0.15, 0.2) is 5.82 Å². The predicted octanol–water partition coefficient (Wildman–Crippen LogP) is 3.34. The quantitative estimate of drug-likeness (QED) is 0.828. The molecule has 0 bridgehead atoms. The van der Waals surface area contributed by atoms with E-state index in [1.54, 1.807) is 6.08 Å². The third-order valence-electron chi connectivity index (χ3n) is 3.78. The predicted molar refractivity (Wildman–Crippen MR) is 80.9 cm³/mol. The van der Waals surface area contributed by atoms with E-state index in [0.717, 1.165) is 17.9 Å². The van der Waals surface area contributed by atoms with Gasteiger partial charge in [0.1, 0.15) is 11.5 Å². The van der Waals surface area contributed by atoms with E-state index in [2.05, 4.69) is 22.4 Å². The van der Waals surface area contributed by atoms with Crippen LogP contribution in [-0.2, 0) is 11.2 Å². The van der Waals surface area contributed by atoms with Crippen LogP contribution in [0.4, 0.5) is 5.82 Å². The van der Waals surface area contributed by atoms with Crippen LogP contribution >= 0.6 is 0 Å². The lowest BCUT2D eigenvalue weighted by Crippen LogP contribution is -2.07. The average Bonchev–Trinajstić information content (AvgIpc) is 2.92. The summed E-state index contributed by atoms with van der Waals surface area (Å²) in [5.74, 6) is 3.30. The highest BCUT2D eigenvalue weighted by Crippen LogP contribution is 2.47. The molecular formula is C16H19N3O2. The van der Waals surface area contributed by atoms with Crippen molar-refractivity contribution in [2.24, 2.45) is 5.92 Å². The van der Waals surface area contributed by atoms with Crippen LogP contribution in [0, 0.1) is 5.92 Å². The van der Waals surface area contributed by atoms with Gasteiger partial charge < -0.3 is 9.73 Å². The summed E-state index contributed by atoms with van der Waals surface area (Å²) in [5.41, 5.74) is 0.989. The van der Waals surface area contributed by atoms with Crippen molar-refractivity contribution in [3.63, 3.8) is 0 Å². The second-order valence-electron chi connectivity index (χ2n) is 5.51. The van der Waals surface area contributed by atoms with Gasteiger partial charge in [0.2, 0.25) is 5.91 Å². The highest BCUT2D eigenvalue weighted by molar-refractivity contribution is 6.01. The van der Waals surface area contributed by atoms with E-state index >= 15 is 0 Å². The van der Waals surface area contributed by atoms with Crippen molar-refractivity contribution in [3.8, 4) is 0 Å². The summed E-state index contributed by atoms with van der Waals surface area (Å²) in [7, 11) is 0. The Morgan fingerprint density at radius 2 is 2.38 bits per heavy atom. The maximum atomic E-state index is 11.8. The first-order valence-corrected chi connectivity index (χ1v) is 7.28. The third-order valence-corrected chi connectivity index (χ3v) is 3.78. The molecule has 2 aromatic heterocycles. The topological polar surface area (TPSA) is 70.9 Å². The summed E-state index contributed by atoms with van der Waals surface area (Å²) < 4.78 is 5.71. The fraction of sp³-hybridized carbons (Fsp3) is 0.375. The molecule has 1 aliphatic rings. The number of amides is 1. The molecule has 1 aliphatic carbocycles. The number of anilines is 1. The van der Waals surface area contributed by atoms with Crippen molar-refractivity contribution >= 4 is 17.8 Å². The lowest BCUT2D eigenvalue weighted by molar-refractivity contribution is -0.111. The first-order chi connectivity index (χ1) is 10.2. The van der Waals surface area contributed by atoms with E-state index in [4.69, 9.17) is 4.42 Å². The van der Waals surface area contributed by atoms with Gasteiger partial charge in [-0.2, -0.15) is 5.10 Å². The fourth-order valence-corrected chi connectivity index (χ4v) is 2.31. The van der Waals surface area contributed by atoms with Gasteiger partial charge in [-0.15, -0.1) is 0 Å². The summed E-state index contributed by atoms with van der Waals surface area (Å²) >= 11 is 0. The molecule has 21 heavy (non-hydrogen) atoms. The second-order valence-corrected chi connectivity index (χ2v) is 5.51. The number of nitrogens with one attached hydrogen (secondary N) is 2. The maximum Gasteiger partial charge on any atom is 0.249 e. The van der Waals surface area contributed by atoms with E-state index in [-0.39, 0.29) is 5.91 Å². The molecule has 1 fully saturated rings. The second kappa shape index (κ2) is 5.60. The van der Waals surface area contributed by atoms with E-state index < -0.39 is 0 Å². The summed E-state index contributed by atoms with van der Waals surface area (Å²) in [6.45, 7) is 4.23. The zero-order valence-corrected chi connectivity index (χ0v) is 12.2. The summed E-state index contributed by atoms with van der Waals surface area (Å²) in [6.07, 6.45) is 5.18. The van der Waals surface area contributed by atoms with Crippen molar-refractivity contribution < 1.29 is 9.21 Å². The number of carbonyl (C=O) groups excluding carboxylic acids is 1. The SMILES string of the molecule is CCc1cc(NC(=O)/C=C/c2ccc(C3CC3C)o2)n[nH]1. The van der Waals surface area contributed by atoms with Gasteiger partial charge in [0, 0.05) is 23.8 Å². The molecule has 110 valence electrons. The maximum absolute atomic E-state index is 11.8. The number of aromatic amines is 1. The Labute approximate surface area is 123 Å². The highest BCUT2D eigenvalue weighted by Gasteiger charge is 2.36. The minimum Gasteiger partial charge on any atom is -0.461 e. The first kappa shape index (κ1) is 13.7. The van der Waals surface area contributed by atoms with Gasteiger partial charge in [0.25, 0.3) is 0 Å². The third kappa shape index (κ3) is 3.24. The Kier molecular flexibility index (Phi) is 3.64. The molecule has 5 nitrogen and oxygen atoms in total. The molecule has 2 aromatic rings. The van der Waals surface area contributed by atoms with Gasteiger partial charge >= 0.3 is 0 Å². The molecule has 0 aromatic carbocycles. The van der Waals surface area contributed by atoms with Gasteiger partial charge in [-0.3, -0.25) is 9.89 Å². The minimum absolute atomic E-state index is 0.220. The van der Waals surface area contributed by atoms with Crippen molar-refractivity contribution in [1.82, 2.24) is 10.2 Å².